The Bertz CT molecular complexity index is 899. The summed E-state index contributed by atoms with van der Waals surface area (Å²) in [5.74, 6) is 0. The van der Waals surface area contributed by atoms with Crippen molar-refractivity contribution in [1.29, 1.82) is 0 Å². The molecule has 0 unspecified atom stereocenters. The van der Waals surface area contributed by atoms with Gasteiger partial charge in [0, 0.05) is 9.75 Å². The molecule has 0 aromatic carbocycles. The van der Waals surface area contributed by atoms with E-state index in [1.807, 2.05) is 17.5 Å². The average Bonchev–Trinajstić information content (AvgIpc) is 3.09. The summed E-state index contributed by atoms with van der Waals surface area (Å²) in [4.78, 5) is 19.5. The highest BCUT2D eigenvalue weighted by Crippen LogP contribution is 2.34. The third-order valence-electron chi connectivity index (χ3n) is 3.74. The van der Waals surface area contributed by atoms with Crippen molar-refractivity contribution in [3.8, 4) is 0 Å². The van der Waals surface area contributed by atoms with Gasteiger partial charge in [-0.2, -0.15) is 0 Å². The van der Waals surface area contributed by atoms with Crippen molar-refractivity contribution >= 4 is 45.1 Å². The molecular weight excluding hydrogens is 308 g/mol. The second-order valence-corrected chi connectivity index (χ2v) is 7.49. The fourth-order valence-corrected chi connectivity index (χ4v) is 5.10. The Balaban J connectivity index is 1.97. The summed E-state index contributed by atoms with van der Waals surface area (Å²) in [5.41, 5.74) is 1.32. The van der Waals surface area contributed by atoms with Gasteiger partial charge in [-0.3, -0.25) is 9.36 Å². The molecule has 3 nitrogen and oxygen atoms in total. The third-order valence-corrected chi connectivity index (χ3v) is 6.13. The van der Waals surface area contributed by atoms with Crippen molar-refractivity contribution < 1.29 is 0 Å². The summed E-state index contributed by atoms with van der Waals surface area (Å²) in [6.45, 7) is 0.562. The first kappa shape index (κ1) is 12.5. The topological polar surface area (TPSA) is 37.8 Å². The highest BCUT2D eigenvalue weighted by atomic mass is 32.1. The van der Waals surface area contributed by atoms with Gasteiger partial charge in [-0.05, 0) is 48.5 Å². The number of aryl methyl sites for hydroxylation is 2. The van der Waals surface area contributed by atoms with E-state index < -0.39 is 0 Å². The second kappa shape index (κ2) is 4.65. The number of hydrogen-bond donors (Lipinski definition) is 1. The zero-order chi connectivity index (χ0) is 13.7. The van der Waals surface area contributed by atoms with E-state index in [4.69, 9.17) is 12.2 Å². The lowest BCUT2D eigenvalue weighted by atomic mass is 10.2. The Labute approximate surface area is 128 Å². The van der Waals surface area contributed by atoms with Crippen molar-refractivity contribution in [2.45, 2.75) is 25.8 Å². The minimum absolute atomic E-state index is 0.0663. The van der Waals surface area contributed by atoms with Crippen molar-refractivity contribution in [2.24, 2.45) is 0 Å². The van der Waals surface area contributed by atoms with E-state index in [0.717, 1.165) is 34.4 Å². The molecule has 3 aromatic rings. The van der Waals surface area contributed by atoms with Crippen LogP contribution >= 0.6 is 34.9 Å². The summed E-state index contributed by atoms with van der Waals surface area (Å²) in [7, 11) is 0. The predicted octanol–water partition coefficient (Wildman–Crippen LogP) is 3.72. The lowest BCUT2D eigenvalue weighted by Gasteiger charge is -2.05. The molecule has 20 heavy (non-hydrogen) atoms. The summed E-state index contributed by atoms with van der Waals surface area (Å²) in [6.07, 6.45) is 3.28. The van der Waals surface area contributed by atoms with E-state index in [1.165, 1.54) is 10.4 Å². The molecule has 0 bridgehead atoms. The largest absolute Gasteiger partial charge is 0.323 e. The van der Waals surface area contributed by atoms with Gasteiger partial charge >= 0.3 is 0 Å². The van der Waals surface area contributed by atoms with Crippen LogP contribution in [0.5, 0.6) is 0 Å². The maximum atomic E-state index is 12.8. The minimum atomic E-state index is 0.0663. The van der Waals surface area contributed by atoms with Crippen LogP contribution in [0.4, 0.5) is 0 Å². The van der Waals surface area contributed by atoms with Gasteiger partial charge in [0.15, 0.2) is 4.77 Å². The third kappa shape index (κ3) is 1.82. The first-order valence-corrected chi connectivity index (χ1v) is 8.64. The van der Waals surface area contributed by atoms with Gasteiger partial charge in [0.05, 0.1) is 11.9 Å². The lowest BCUT2D eigenvalue weighted by molar-refractivity contribution is 0.744. The number of aromatic nitrogens is 2. The van der Waals surface area contributed by atoms with Crippen LogP contribution < -0.4 is 5.56 Å². The number of hydrogen-bond acceptors (Lipinski definition) is 4. The molecule has 0 atom stereocenters. The Morgan fingerprint density at radius 1 is 1.40 bits per heavy atom. The van der Waals surface area contributed by atoms with Crippen molar-refractivity contribution in [2.75, 3.05) is 0 Å². The highest BCUT2D eigenvalue weighted by Gasteiger charge is 2.21. The van der Waals surface area contributed by atoms with E-state index in [-0.39, 0.29) is 5.56 Å². The molecule has 0 radical (unpaired) electrons. The van der Waals surface area contributed by atoms with Gasteiger partial charge in [-0.25, -0.2) is 0 Å². The predicted molar refractivity (Wildman–Crippen MR) is 86.7 cm³/mol. The Kier molecular flexibility index (Phi) is 2.90. The van der Waals surface area contributed by atoms with Gasteiger partial charge in [-0.15, -0.1) is 22.7 Å². The Hall–Kier alpha value is -1.24. The lowest BCUT2D eigenvalue weighted by Crippen LogP contribution is -2.22. The summed E-state index contributed by atoms with van der Waals surface area (Å²) < 4.78 is 2.21. The van der Waals surface area contributed by atoms with E-state index >= 15 is 0 Å². The number of rotatable bonds is 2. The molecule has 3 heterocycles. The number of aromatic amines is 1. The van der Waals surface area contributed by atoms with E-state index in [9.17, 15) is 4.79 Å². The fourth-order valence-electron chi connectivity index (χ4n) is 2.81. The van der Waals surface area contributed by atoms with Gasteiger partial charge in [0.1, 0.15) is 4.83 Å². The molecule has 1 aliphatic rings. The van der Waals surface area contributed by atoms with E-state index in [1.54, 1.807) is 27.2 Å². The molecule has 0 saturated heterocycles. The molecule has 0 aliphatic heterocycles. The molecule has 6 heteroatoms. The fraction of sp³-hybridized carbons (Fsp3) is 0.286. The molecule has 102 valence electrons. The molecule has 0 fully saturated rings. The van der Waals surface area contributed by atoms with Crippen molar-refractivity contribution in [3.05, 3.63) is 48.0 Å². The van der Waals surface area contributed by atoms with Gasteiger partial charge < -0.3 is 4.98 Å². The SMILES string of the molecule is O=c1c2c3c(sc2[nH]c(=S)n1Cc1cccs1)CCC3. The first-order valence-electron chi connectivity index (χ1n) is 6.54. The van der Waals surface area contributed by atoms with Crippen LogP contribution in [0.15, 0.2) is 22.3 Å². The van der Waals surface area contributed by atoms with Crippen LogP contribution in [-0.4, -0.2) is 9.55 Å². The normalized spacial score (nSPS) is 14.0. The quantitative estimate of drug-likeness (QED) is 0.731. The van der Waals surface area contributed by atoms with Crippen LogP contribution in [0.1, 0.15) is 21.7 Å². The van der Waals surface area contributed by atoms with Crippen LogP contribution in [0, 0.1) is 4.77 Å². The summed E-state index contributed by atoms with van der Waals surface area (Å²) >= 11 is 8.71. The van der Waals surface area contributed by atoms with E-state index in [2.05, 4.69) is 4.98 Å². The van der Waals surface area contributed by atoms with Gasteiger partial charge in [0.25, 0.3) is 5.56 Å². The second-order valence-electron chi connectivity index (χ2n) is 4.96. The first-order chi connectivity index (χ1) is 9.74. The maximum Gasteiger partial charge on any atom is 0.263 e. The molecule has 1 N–H and O–H groups in total. The molecule has 0 saturated carbocycles. The summed E-state index contributed by atoms with van der Waals surface area (Å²) in [5, 5.41) is 2.89. The summed E-state index contributed by atoms with van der Waals surface area (Å²) in [6, 6.07) is 4.03. The smallest absolute Gasteiger partial charge is 0.263 e. The number of thiophene rings is 2. The minimum Gasteiger partial charge on any atom is -0.323 e. The number of H-pyrrole nitrogens is 1. The van der Waals surface area contributed by atoms with Crippen molar-refractivity contribution in [3.63, 3.8) is 0 Å². The zero-order valence-corrected chi connectivity index (χ0v) is 13.1. The standard InChI is InChI=1S/C14H12N2OS3/c17-13-11-9-4-1-5-10(9)20-12(11)15-14(18)16(13)7-8-3-2-6-19-8/h2-3,6H,1,4-5,7H2,(H,15,18). The molecule has 1 aliphatic carbocycles. The molecule has 3 aromatic heterocycles. The van der Waals surface area contributed by atoms with Crippen LogP contribution in [0.3, 0.4) is 0 Å². The van der Waals surface area contributed by atoms with Gasteiger partial charge in [-0.1, -0.05) is 6.07 Å². The molecule has 4 rings (SSSR count). The number of fused-ring (bicyclic) bond motifs is 3. The van der Waals surface area contributed by atoms with Crippen LogP contribution in [0.2, 0.25) is 0 Å². The average molecular weight is 320 g/mol. The highest BCUT2D eigenvalue weighted by molar-refractivity contribution is 7.71. The monoisotopic (exact) mass is 320 g/mol. The number of nitrogens with one attached hydrogen (secondary N) is 1. The number of nitrogens with zero attached hydrogens (tertiary/aromatic N) is 1. The molecule has 0 amide bonds. The van der Waals surface area contributed by atoms with Crippen molar-refractivity contribution in [1.82, 2.24) is 9.55 Å². The van der Waals surface area contributed by atoms with Crippen LogP contribution in [-0.2, 0) is 19.4 Å². The Morgan fingerprint density at radius 2 is 2.30 bits per heavy atom. The molecule has 0 spiro atoms. The van der Waals surface area contributed by atoms with E-state index in [0.29, 0.717) is 11.3 Å². The zero-order valence-electron chi connectivity index (χ0n) is 10.6. The Morgan fingerprint density at radius 3 is 3.10 bits per heavy atom. The molecular formula is C14H12N2OS3. The van der Waals surface area contributed by atoms with Crippen LogP contribution in [0.25, 0.3) is 10.2 Å². The maximum absolute atomic E-state index is 12.8. The van der Waals surface area contributed by atoms with Gasteiger partial charge in [0.2, 0.25) is 0 Å².